The zero-order valence-corrected chi connectivity index (χ0v) is 8.03. The van der Waals surface area contributed by atoms with Gasteiger partial charge in [0.1, 0.15) is 0 Å². The first-order valence-corrected chi connectivity index (χ1v) is 4.36. The molecule has 1 atom stereocenters. The Morgan fingerprint density at radius 3 is 2.50 bits per heavy atom. The average molecular weight is 234 g/mol. The van der Waals surface area contributed by atoms with E-state index in [-0.39, 0.29) is 17.5 Å². The molecule has 0 aliphatic heterocycles. The number of hydrogen-bond acceptors (Lipinski definition) is 2. The molecule has 2 N–H and O–H groups in total. The van der Waals surface area contributed by atoms with Crippen LogP contribution in [0.25, 0.3) is 0 Å². The van der Waals surface area contributed by atoms with Gasteiger partial charge in [-0.2, -0.15) is 13.2 Å². The van der Waals surface area contributed by atoms with Crippen LogP contribution in [-0.4, -0.2) is 22.4 Å². The van der Waals surface area contributed by atoms with Crippen molar-refractivity contribution in [1.29, 1.82) is 0 Å². The summed E-state index contributed by atoms with van der Waals surface area (Å²) in [7, 11) is 0. The molecule has 1 rings (SSSR count). The summed E-state index contributed by atoms with van der Waals surface area (Å²) in [6.07, 6.45) is -7.71. The summed E-state index contributed by atoms with van der Waals surface area (Å²) in [5.41, 5.74) is -0.139. The van der Waals surface area contributed by atoms with Gasteiger partial charge in [-0.3, -0.25) is 4.79 Å². The van der Waals surface area contributed by atoms with Crippen molar-refractivity contribution in [1.82, 2.24) is 0 Å². The molecule has 6 heteroatoms. The monoisotopic (exact) mass is 234 g/mol. The fourth-order valence-electron chi connectivity index (χ4n) is 1.24. The Hall–Kier alpha value is -1.56. The van der Waals surface area contributed by atoms with Crippen LogP contribution in [0.2, 0.25) is 0 Å². The third-order valence-electron chi connectivity index (χ3n) is 1.93. The van der Waals surface area contributed by atoms with Gasteiger partial charge in [-0.25, -0.2) is 0 Å². The molecule has 1 aromatic carbocycles. The largest absolute Gasteiger partial charge is 0.481 e. The van der Waals surface area contributed by atoms with Gasteiger partial charge in [-0.1, -0.05) is 24.3 Å². The van der Waals surface area contributed by atoms with Crippen molar-refractivity contribution >= 4 is 5.97 Å². The van der Waals surface area contributed by atoms with Gasteiger partial charge in [0.2, 0.25) is 0 Å². The first-order chi connectivity index (χ1) is 7.30. The van der Waals surface area contributed by atoms with Crippen LogP contribution in [-0.2, 0) is 11.2 Å². The van der Waals surface area contributed by atoms with E-state index in [0.717, 1.165) is 12.1 Å². The predicted molar refractivity (Wildman–Crippen MR) is 48.8 cm³/mol. The van der Waals surface area contributed by atoms with Crippen LogP contribution in [0.15, 0.2) is 24.3 Å². The smallest absolute Gasteiger partial charge is 0.418 e. The van der Waals surface area contributed by atoms with Gasteiger partial charge in [0.05, 0.1) is 6.42 Å². The number of aliphatic hydroxyl groups is 1. The number of alkyl halides is 3. The molecule has 3 nitrogen and oxygen atoms in total. The second-order valence-corrected chi connectivity index (χ2v) is 3.26. The maximum atomic E-state index is 12.2. The molecule has 0 saturated heterocycles. The lowest BCUT2D eigenvalue weighted by molar-refractivity contribution is -0.206. The number of hydrogen-bond donors (Lipinski definition) is 2. The summed E-state index contributed by atoms with van der Waals surface area (Å²) in [4.78, 5) is 10.4. The molecule has 0 heterocycles. The number of aliphatic hydroxyl groups excluding tert-OH is 1. The first-order valence-electron chi connectivity index (χ1n) is 4.36. The van der Waals surface area contributed by atoms with E-state index in [9.17, 15) is 18.0 Å². The van der Waals surface area contributed by atoms with Crippen LogP contribution in [0, 0.1) is 0 Å². The number of carboxylic acid groups (broad SMARTS) is 1. The van der Waals surface area contributed by atoms with E-state index in [0.29, 0.717) is 0 Å². The van der Waals surface area contributed by atoms with E-state index >= 15 is 0 Å². The second-order valence-electron chi connectivity index (χ2n) is 3.26. The highest BCUT2D eigenvalue weighted by molar-refractivity contribution is 5.70. The van der Waals surface area contributed by atoms with Crippen molar-refractivity contribution in [3.63, 3.8) is 0 Å². The van der Waals surface area contributed by atoms with E-state index < -0.39 is 18.2 Å². The highest BCUT2D eigenvalue weighted by atomic mass is 19.4. The van der Waals surface area contributed by atoms with Gasteiger partial charge >= 0.3 is 12.1 Å². The van der Waals surface area contributed by atoms with Crippen molar-refractivity contribution < 1.29 is 28.2 Å². The predicted octanol–water partition coefficient (Wildman–Crippen LogP) is 1.91. The third-order valence-corrected chi connectivity index (χ3v) is 1.93. The minimum atomic E-state index is -4.75. The molecule has 0 bridgehead atoms. The highest BCUT2D eigenvalue weighted by Gasteiger charge is 2.39. The Morgan fingerprint density at radius 2 is 2.00 bits per heavy atom. The van der Waals surface area contributed by atoms with E-state index in [2.05, 4.69) is 0 Å². The molecule has 88 valence electrons. The Labute approximate surface area is 89.1 Å². The van der Waals surface area contributed by atoms with Crippen LogP contribution < -0.4 is 0 Å². The number of carbonyl (C=O) groups is 1. The highest BCUT2D eigenvalue weighted by Crippen LogP contribution is 2.32. The molecule has 0 aliphatic rings. The Balaban J connectivity index is 2.94. The zero-order valence-electron chi connectivity index (χ0n) is 8.03. The average Bonchev–Trinajstić information content (AvgIpc) is 2.14. The summed E-state index contributed by atoms with van der Waals surface area (Å²) in [5.74, 6) is -1.14. The number of benzene rings is 1. The summed E-state index contributed by atoms with van der Waals surface area (Å²) in [6, 6.07) is 4.80. The van der Waals surface area contributed by atoms with E-state index in [1.54, 1.807) is 0 Å². The molecular formula is C10H9F3O3. The fourth-order valence-corrected chi connectivity index (χ4v) is 1.24. The third kappa shape index (κ3) is 3.23. The zero-order chi connectivity index (χ0) is 12.3. The molecular weight excluding hydrogens is 225 g/mol. The fraction of sp³-hybridized carbons (Fsp3) is 0.300. The standard InChI is InChI=1S/C10H9F3O3/c11-10(12,13)9(16)7-3-1-2-6(4-7)5-8(14)15/h1-4,9,16H,5H2,(H,14,15). The van der Waals surface area contributed by atoms with Gasteiger partial charge < -0.3 is 10.2 Å². The summed E-state index contributed by atoms with van der Waals surface area (Å²) < 4.78 is 36.5. The maximum absolute atomic E-state index is 12.2. The van der Waals surface area contributed by atoms with Crippen LogP contribution in [0.4, 0.5) is 13.2 Å². The van der Waals surface area contributed by atoms with Gasteiger partial charge in [0, 0.05) is 0 Å². The van der Waals surface area contributed by atoms with Crippen molar-refractivity contribution in [3.05, 3.63) is 35.4 Å². The number of aliphatic carboxylic acids is 1. The van der Waals surface area contributed by atoms with Crippen molar-refractivity contribution in [2.75, 3.05) is 0 Å². The molecule has 0 amide bonds. The molecule has 0 aliphatic carbocycles. The van der Waals surface area contributed by atoms with Gasteiger partial charge in [-0.15, -0.1) is 0 Å². The van der Waals surface area contributed by atoms with E-state index in [1.165, 1.54) is 12.1 Å². The van der Waals surface area contributed by atoms with Crippen LogP contribution in [0.5, 0.6) is 0 Å². The SMILES string of the molecule is O=C(O)Cc1cccc(C(O)C(F)(F)F)c1. The van der Waals surface area contributed by atoms with Crippen molar-refractivity contribution in [2.45, 2.75) is 18.7 Å². The van der Waals surface area contributed by atoms with Crippen LogP contribution in [0.1, 0.15) is 17.2 Å². The van der Waals surface area contributed by atoms with Crippen LogP contribution in [0.3, 0.4) is 0 Å². The Kier molecular flexibility index (Phi) is 3.54. The van der Waals surface area contributed by atoms with E-state index in [4.69, 9.17) is 10.2 Å². The van der Waals surface area contributed by atoms with Gasteiger partial charge in [0.15, 0.2) is 6.10 Å². The lowest BCUT2D eigenvalue weighted by Crippen LogP contribution is -2.20. The van der Waals surface area contributed by atoms with Gasteiger partial charge in [-0.05, 0) is 11.1 Å². The molecule has 1 aromatic rings. The molecule has 0 saturated carbocycles. The lowest BCUT2D eigenvalue weighted by Gasteiger charge is -2.15. The Morgan fingerprint density at radius 1 is 1.38 bits per heavy atom. The quantitative estimate of drug-likeness (QED) is 0.839. The number of rotatable bonds is 3. The minimum absolute atomic E-state index is 0.216. The summed E-state index contributed by atoms with van der Waals surface area (Å²) >= 11 is 0. The first kappa shape index (κ1) is 12.5. The van der Waals surface area contributed by atoms with Crippen molar-refractivity contribution in [3.8, 4) is 0 Å². The molecule has 0 spiro atoms. The van der Waals surface area contributed by atoms with E-state index in [1.807, 2.05) is 0 Å². The lowest BCUT2D eigenvalue weighted by atomic mass is 10.0. The van der Waals surface area contributed by atoms with Gasteiger partial charge in [0.25, 0.3) is 0 Å². The second kappa shape index (κ2) is 4.52. The molecule has 16 heavy (non-hydrogen) atoms. The number of halogens is 3. The Bertz CT molecular complexity index is 387. The number of carboxylic acids is 1. The summed E-state index contributed by atoms with van der Waals surface area (Å²) in [5, 5.41) is 17.4. The molecule has 0 fully saturated rings. The van der Waals surface area contributed by atoms with Crippen LogP contribution >= 0.6 is 0 Å². The minimum Gasteiger partial charge on any atom is -0.481 e. The summed E-state index contributed by atoms with van der Waals surface area (Å²) in [6.45, 7) is 0. The maximum Gasteiger partial charge on any atom is 0.418 e. The normalized spacial score (nSPS) is 13.5. The topological polar surface area (TPSA) is 57.5 Å². The molecule has 1 unspecified atom stereocenters. The van der Waals surface area contributed by atoms with Crippen molar-refractivity contribution in [2.24, 2.45) is 0 Å². The molecule has 0 radical (unpaired) electrons. The molecule has 0 aromatic heterocycles.